The molecular weight excluding hydrogens is 594 g/mol. The Morgan fingerprint density at radius 3 is 2.19 bits per heavy atom. The van der Waals surface area contributed by atoms with Crippen LogP contribution in [0.15, 0.2) is 102 Å². The molecule has 2 unspecified atom stereocenters. The minimum atomic E-state index is -4.42. The first-order chi connectivity index (χ1) is 20.6. The fourth-order valence-corrected chi connectivity index (χ4v) is 7.14. The standard InChI is InChI=1S/C32H28ClNO8S/c33-26-11-7-22(8-12-26)23-9-13-28(14-10-23)43(40,41)34(20-21-3-1-5-25(17-21)30(36)37)32(31(38)39)19-29(32)24-4-2-6-27(18-24)42-16-15-35/h1-14,17-18,29,35H,15-16,19-20H2,(H,36,37)(H,38,39). The highest BCUT2D eigenvalue weighted by Crippen LogP contribution is 2.58. The van der Waals surface area contributed by atoms with Crippen LogP contribution >= 0.6 is 11.6 Å². The first-order valence-electron chi connectivity index (χ1n) is 13.3. The molecule has 4 aromatic rings. The van der Waals surface area contributed by atoms with Gasteiger partial charge in [-0.05, 0) is 77.2 Å². The number of benzene rings is 4. The van der Waals surface area contributed by atoms with E-state index in [1.54, 1.807) is 66.7 Å². The van der Waals surface area contributed by atoms with Crippen LogP contribution in [0.25, 0.3) is 11.1 Å². The number of nitrogens with zero attached hydrogens (tertiary/aromatic N) is 1. The van der Waals surface area contributed by atoms with E-state index in [2.05, 4.69) is 0 Å². The number of carboxylic acids is 2. The summed E-state index contributed by atoms with van der Waals surface area (Å²) < 4.78 is 35.1. The molecule has 1 saturated carbocycles. The van der Waals surface area contributed by atoms with E-state index in [1.807, 2.05) is 0 Å². The molecule has 0 radical (unpaired) electrons. The Morgan fingerprint density at radius 2 is 1.56 bits per heavy atom. The first kappa shape index (κ1) is 30.2. The van der Waals surface area contributed by atoms with Crippen LogP contribution < -0.4 is 4.74 Å². The van der Waals surface area contributed by atoms with E-state index < -0.39 is 33.4 Å². The molecule has 1 aliphatic rings. The van der Waals surface area contributed by atoms with Gasteiger partial charge in [-0.2, -0.15) is 4.31 Å². The van der Waals surface area contributed by atoms with Crippen molar-refractivity contribution in [1.29, 1.82) is 0 Å². The van der Waals surface area contributed by atoms with E-state index in [9.17, 15) is 28.2 Å². The summed E-state index contributed by atoms with van der Waals surface area (Å²) in [5, 5.41) is 29.8. The van der Waals surface area contributed by atoms with Crippen molar-refractivity contribution in [3.63, 3.8) is 0 Å². The molecule has 3 N–H and O–H groups in total. The van der Waals surface area contributed by atoms with Crippen molar-refractivity contribution < 1.29 is 38.1 Å². The topological polar surface area (TPSA) is 141 Å². The molecule has 0 aliphatic heterocycles. The van der Waals surface area contributed by atoms with Gasteiger partial charge in [0.05, 0.1) is 17.1 Å². The predicted octanol–water partition coefficient (Wildman–Crippen LogP) is 5.28. The maximum absolute atomic E-state index is 14.3. The zero-order valence-electron chi connectivity index (χ0n) is 22.8. The molecule has 11 heteroatoms. The lowest BCUT2D eigenvalue weighted by atomic mass is 10.0. The molecule has 0 saturated heterocycles. The van der Waals surface area contributed by atoms with Gasteiger partial charge in [0.25, 0.3) is 0 Å². The molecule has 4 aromatic carbocycles. The molecule has 2 atom stereocenters. The van der Waals surface area contributed by atoms with E-state index >= 15 is 0 Å². The van der Waals surface area contributed by atoms with Crippen LogP contribution in [0.3, 0.4) is 0 Å². The largest absolute Gasteiger partial charge is 0.491 e. The maximum atomic E-state index is 14.3. The normalized spacial score (nSPS) is 17.9. The van der Waals surface area contributed by atoms with Crippen molar-refractivity contribution in [2.45, 2.75) is 29.3 Å². The molecule has 222 valence electrons. The number of carbonyl (C=O) groups is 2. The smallest absolute Gasteiger partial charge is 0.335 e. The average molecular weight is 622 g/mol. The first-order valence-corrected chi connectivity index (χ1v) is 15.2. The summed E-state index contributed by atoms with van der Waals surface area (Å²) in [7, 11) is -4.42. The van der Waals surface area contributed by atoms with Crippen molar-refractivity contribution in [1.82, 2.24) is 4.31 Å². The minimum absolute atomic E-state index is 0.00744. The Kier molecular flexibility index (Phi) is 8.57. The summed E-state index contributed by atoms with van der Waals surface area (Å²) in [6, 6.07) is 25.7. The van der Waals surface area contributed by atoms with Crippen molar-refractivity contribution in [2.75, 3.05) is 13.2 Å². The summed E-state index contributed by atoms with van der Waals surface area (Å²) in [5.74, 6) is -2.81. The van der Waals surface area contributed by atoms with Gasteiger partial charge >= 0.3 is 11.9 Å². The molecule has 1 fully saturated rings. The van der Waals surface area contributed by atoms with E-state index in [0.29, 0.717) is 21.9 Å². The van der Waals surface area contributed by atoms with Crippen LogP contribution in [0.2, 0.25) is 5.02 Å². The Morgan fingerprint density at radius 1 is 0.907 bits per heavy atom. The molecule has 0 bridgehead atoms. The van der Waals surface area contributed by atoms with Crippen LogP contribution in [-0.2, 0) is 21.4 Å². The van der Waals surface area contributed by atoms with E-state index in [4.69, 9.17) is 21.4 Å². The predicted molar refractivity (Wildman–Crippen MR) is 160 cm³/mol. The fourth-order valence-electron chi connectivity index (χ4n) is 5.25. The highest BCUT2D eigenvalue weighted by atomic mass is 35.5. The number of aliphatic hydroxyl groups is 1. The Hall–Kier alpha value is -4.22. The highest BCUT2D eigenvalue weighted by molar-refractivity contribution is 7.89. The van der Waals surface area contributed by atoms with Crippen LogP contribution in [0.5, 0.6) is 5.75 Å². The molecule has 0 spiro atoms. The minimum Gasteiger partial charge on any atom is -0.491 e. The fraction of sp³-hybridized carbons (Fsp3) is 0.188. The lowest BCUT2D eigenvalue weighted by molar-refractivity contribution is -0.143. The number of hydrogen-bond donors (Lipinski definition) is 3. The number of aliphatic carboxylic acids is 1. The summed E-state index contributed by atoms with van der Waals surface area (Å²) in [4.78, 5) is 24.5. The summed E-state index contributed by atoms with van der Waals surface area (Å²) in [5.41, 5.74) is 0.565. The Bertz CT molecular complexity index is 1760. The summed E-state index contributed by atoms with van der Waals surface area (Å²) in [6.45, 7) is -0.526. The van der Waals surface area contributed by atoms with Crippen LogP contribution in [0, 0.1) is 0 Å². The van der Waals surface area contributed by atoms with Crippen LogP contribution in [0.1, 0.15) is 33.8 Å². The number of halogens is 1. The number of carboxylic acid groups (broad SMARTS) is 2. The quantitative estimate of drug-likeness (QED) is 0.194. The van der Waals surface area contributed by atoms with Gasteiger partial charge in [0.15, 0.2) is 0 Å². The molecule has 5 rings (SSSR count). The Balaban J connectivity index is 1.57. The van der Waals surface area contributed by atoms with Gasteiger partial charge in [0.2, 0.25) is 10.0 Å². The molecule has 43 heavy (non-hydrogen) atoms. The van der Waals surface area contributed by atoms with E-state index in [0.717, 1.165) is 15.4 Å². The maximum Gasteiger partial charge on any atom is 0.335 e. The monoisotopic (exact) mass is 621 g/mol. The second-order valence-electron chi connectivity index (χ2n) is 10.2. The molecule has 0 aromatic heterocycles. The van der Waals surface area contributed by atoms with Gasteiger partial charge in [0, 0.05) is 17.5 Å². The third-order valence-corrected chi connectivity index (χ3v) is 9.64. The van der Waals surface area contributed by atoms with Crippen molar-refractivity contribution in [3.8, 4) is 16.9 Å². The van der Waals surface area contributed by atoms with Crippen molar-refractivity contribution in [2.24, 2.45) is 0 Å². The lowest BCUT2D eigenvalue weighted by Crippen LogP contribution is -2.48. The van der Waals surface area contributed by atoms with Gasteiger partial charge in [-0.3, -0.25) is 4.79 Å². The van der Waals surface area contributed by atoms with E-state index in [1.165, 1.54) is 30.3 Å². The number of hydrogen-bond acceptors (Lipinski definition) is 6. The summed E-state index contributed by atoms with van der Waals surface area (Å²) >= 11 is 5.99. The van der Waals surface area contributed by atoms with E-state index in [-0.39, 0.29) is 36.6 Å². The number of sulfonamides is 1. The molecular formula is C32H28ClNO8S. The molecule has 0 amide bonds. The Labute approximate surface area is 253 Å². The molecule has 9 nitrogen and oxygen atoms in total. The van der Waals surface area contributed by atoms with Gasteiger partial charge < -0.3 is 20.1 Å². The number of aromatic carboxylic acids is 1. The lowest BCUT2D eigenvalue weighted by Gasteiger charge is -2.30. The highest BCUT2D eigenvalue weighted by Gasteiger charge is 2.68. The van der Waals surface area contributed by atoms with Gasteiger partial charge in [0.1, 0.15) is 17.9 Å². The molecule has 1 aliphatic carbocycles. The second kappa shape index (κ2) is 12.2. The van der Waals surface area contributed by atoms with Gasteiger partial charge in [-0.15, -0.1) is 0 Å². The van der Waals surface area contributed by atoms with Gasteiger partial charge in [-0.25, -0.2) is 13.2 Å². The number of aliphatic hydroxyl groups excluding tert-OH is 1. The van der Waals surface area contributed by atoms with Crippen LogP contribution in [0.4, 0.5) is 0 Å². The second-order valence-corrected chi connectivity index (χ2v) is 12.5. The average Bonchev–Trinajstić information content (AvgIpc) is 3.76. The third-order valence-electron chi connectivity index (χ3n) is 7.49. The van der Waals surface area contributed by atoms with Crippen molar-refractivity contribution in [3.05, 3.63) is 119 Å². The summed E-state index contributed by atoms with van der Waals surface area (Å²) in [6.07, 6.45) is -0.00744. The third kappa shape index (κ3) is 6.14. The SMILES string of the molecule is O=C(O)c1cccc(CN(C2(C(=O)O)CC2c2cccc(OCCO)c2)S(=O)(=O)c2ccc(-c3ccc(Cl)cc3)cc2)c1. The van der Waals surface area contributed by atoms with Gasteiger partial charge in [-0.1, -0.05) is 60.1 Å². The zero-order chi connectivity index (χ0) is 30.8. The molecule has 0 heterocycles. The van der Waals surface area contributed by atoms with Crippen molar-refractivity contribution >= 4 is 33.6 Å². The number of rotatable bonds is 12. The zero-order valence-corrected chi connectivity index (χ0v) is 24.3. The van der Waals surface area contributed by atoms with Crippen LogP contribution in [-0.4, -0.2) is 58.7 Å². The number of ether oxygens (including phenoxy) is 1.